The van der Waals surface area contributed by atoms with Crippen molar-refractivity contribution in [3.05, 3.63) is 36.2 Å². The SMILES string of the molecule is COc1c(N)ncnc1NCc1ccccc1N1CCOCC1. The normalized spacial score (nSPS) is 14.6. The monoisotopic (exact) mass is 315 g/mol. The number of methoxy groups -OCH3 is 1. The highest BCUT2D eigenvalue weighted by Crippen LogP contribution is 2.28. The lowest BCUT2D eigenvalue weighted by Gasteiger charge is -2.30. The molecule has 1 fully saturated rings. The zero-order chi connectivity index (χ0) is 16.1. The Kier molecular flexibility index (Phi) is 4.77. The third-order valence-electron chi connectivity index (χ3n) is 3.83. The van der Waals surface area contributed by atoms with Crippen LogP contribution in [0, 0.1) is 0 Å². The molecule has 2 heterocycles. The van der Waals surface area contributed by atoms with Crippen molar-refractivity contribution < 1.29 is 9.47 Å². The number of morpholine rings is 1. The van der Waals surface area contributed by atoms with Gasteiger partial charge in [0, 0.05) is 25.3 Å². The molecule has 1 aromatic heterocycles. The number of anilines is 3. The summed E-state index contributed by atoms with van der Waals surface area (Å²) in [4.78, 5) is 10.5. The average molecular weight is 315 g/mol. The highest BCUT2D eigenvalue weighted by Gasteiger charge is 2.15. The van der Waals surface area contributed by atoms with Crippen molar-refractivity contribution in [3.63, 3.8) is 0 Å². The molecule has 0 unspecified atom stereocenters. The number of nitrogens with zero attached hydrogens (tertiary/aromatic N) is 3. The molecule has 3 rings (SSSR count). The van der Waals surface area contributed by atoms with Crippen molar-refractivity contribution in [1.82, 2.24) is 9.97 Å². The van der Waals surface area contributed by atoms with Crippen LogP contribution in [0.4, 0.5) is 17.3 Å². The van der Waals surface area contributed by atoms with Crippen molar-refractivity contribution in [1.29, 1.82) is 0 Å². The van der Waals surface area contributed by atoms with Gasteiger partial charge in [-0.3, -0.25) is 0 Å². The molecule has 7 nitrogen and oxygen atoms in total. The second-order valence-corrected chi connectivity index (χ2v) is 5.22. The number of hydrogen-bond donors (Lipinski definition) is 2. The van der Waals surface area contributed by atoms with E-state index in [2.05, 4.69) is 38.4 Å². The summed E-state index contributed by atoms with van der Waals surface area (Å²) in [6, 6.07) is 8.33. The second kappa shape index (κ2) is 7.15. The van der Waals surface area contributed by atoms with Gasteiger partial charge < -0.3 is 25.4 Å². The van der Waals surface area contributed by atoms with Crippen LogP contribution in [0.25, 0.3) is 0 Å². The van der Waals surface area contributed by atoms with Gasteiger partial charge in [0.05, 0.1) is 20.3 Å². The minimum absolute atomic E-state index is 0.325. The van der Waals surface area contributed by atoms with Crippen molar-refractivity contribution in [3.8, 4) is 5.75 Å². The van der Waals surface area contributed by atoms with Gasteiger partial charge in [0.25, 0.3) is 0 Å². The largest absolute Gasteiger partial charge is 0.490 e. The average Bonchev–Trinajstić information content (AvgIpc) is 2.61. The summed E-state index contributed by atoms with van der Waals surface area (Å²) in [6.45, 7) is 3.96. The number of benzene rings is 1. The number of rotatable bonds is 5. The lowest BCUT2D eigenvalue weighted by atomic mass is 10.1. The van der Waals surface area contributed by atoms with Crippen LogP contribution in [0.15, 0.2) is 30.6 Å². The Bertz CT molecular complexity index is 659. The number of hydrogen-bond acceptors (Lipinski definition) is 7. The van der Waals surface area contributed by atoms with Crippen molar-refractivity contribution in [2.75, 3.05) is 49.4 Å². The molecule has 0 saturated carbocycles. The second-order valence-electron chi connectivity index (χ2n) is 5.22. The van der Waals surface area contributed by atoms with E-state index in [9.17, 15) is 0 Å². The van der Waals surface area contributed by atoms with Crippen LogP contribution in [-0.2, 0) is 11.3 Å². The van der Waals surface area contributed by atoms with Crippen molar-refractivity contribution in [2.24, 2.45) is 0 Å². The van der Waals surface area contributed by atoms with E-state index in [0.29, 0.717) is 23.9 Å². The molecule has 1 aliphatic rings. The number of aromatic nitrogens is 2. The van der Waals surface area contributed by atoms with Crippen molar-refractivity contribution in [2.45, 2.75) is 6.54 Å². The first-order valence-electron chi connectivity index (χ1n) is 7.58. The van der Waals surface area contributed by atoms with Gasteiger partial charge >= 0.3 is 0 Å². The third kappa shape index (κ3) is 3.45. The maximum absolute atomic E-state index is 5.81. The Labute approximate surface area is 135 Å². The zero-order valence-corrected chi connectivity index (χ0v) is 13.2. The number of nitrogens with two attached hydrogens (primary N) is 1. The van der Waals surface area contributed by atoms with Gasteiger partial charge in [-0.15, -0.1) is 0 Å². The lowest BCUT2D eigenvalue weighted by Crippen LogP contribution is -2.36. The van der Waals surface area contributed by atoms with Gasteiger partial charge in [0.15, 0.2) is 11.6 Å². The highest BCUT2D eigenvalue weighted by molar-refractivity contribution is 5.62. The smallest absolute Gasteiger partial charge is 0.203 e. The summed E-state index contributed by atoms with van der Waals surface area (Å²) >= 11 is 0. The van der Waals surface area contributed by atoms with Crippen LogP contribution in [0.3, 0.4) is 0 Å². The molecule has 0 atom stereocenters. The van der Waals surface area contributed by atoms with E-state index in [1.165, 1.54) is 17.6 Å². The Morgan fingerprint density at radius 2 is 2.04 bits per heavy atom. The summed E-state index contributed by atoms with van der Waals surface area (Å²) in [7, 11) is 1.56. The molecule has 122 valence electrons. The van der Waals surface area contributed by atoms with Crippen LogP contribution in [0.5, 0.6) is 5.75 Å². The molecule has 1 aromatic carbocycles. The van der Waals surface area contributed by atoms with E-state index in [-0.39, 0.29) is 0 Å². The van der Waals surface area contributed by atoms with E-state index < -0.39 is 0 Å². The molecular weight excluding hydrogens is 294 g/mol. The molecule has 1 saturated heterocycles. The molecule has 3 N–H and O–H groups in total. The Morgan fingerprint density at radius 3 is 2.83 bits per heavy atom. The fourth-order valence-electron chi connectivity index (χ4n) is 2.67. The maximum Gasteiger partial charge on any atom is 0.203 e. The van der Waals surface area contributed by atoms with E-state index in [1.54, 1.807) is 7.11 Å². The molecule has 0 bridgehead atoms. The van der Waals surface area contributed by atoms with Gasteiger partial charge in [-0.05, 0) is 11.6 Å². The standard InChI is InChI=1S/C16H21N5O2/c1-22-14-15(17)19-11-20-16(14)18-10-12-4-2-3-5-13(12)21-6-8-23-9-7-21/h2-5,11H,6-10H2,1H3,(H3,17,18,19,20). The van der Waals surface area contributed by atoms with Crippen molar-refractivity contribution >= 4 is 17.3 Å². The zero-order valence-electron chi connectivity index (χ0n) is 13.2. The molecule has 0 amide bonds. The van der Waals surface area contributed by atoms with E-state index >= 15 is 0 Å². The number of para-hydroxylation sites is 1. The fourth-order valence-corrected chi connectivity index (χ4v) is 2.67. The Balaban J connectivity index is 1.77. The van der Waals surface area contributed by atoms with E-state index in [4.69, 9.17) is 15.2 Å². The molecule has 23 heavy (non-hydrogen) atoms. The summed E-state index contributed by atoms with van der Waals surface area (Å²) in [5, 5.41) is 3.29. The summed E-state index contributed by atoms with van der Waals surface area (Å²) in [5.74, 6) is 1.39. The maximum atomic E-state index is 5.81. The first kappa shape index (κ1) is 15.4. The summed E-state index contributed by atoms with van der Waals surface area (Å²) in [5.41, 5.74) is 8.21. The molecule has 0 aliphatic carbocycles. The third-order valence-corrected chi connectivity index (χ3v) is 3.83. The molecule has 0 spiro atoms. The molecular formula is C16H21N5O2. The molecule has 2 aromatic rings. The molecule has 0 radical (unpaired) electrons. The number of nitrogens with one attached hydrogen (secondary N) is 1. The topological polar surface area (TPSA) is 85.5 Å². The predicted octanol–water partition coefficient (Wildman–Crippen LogP) is 1.52. The van der Waals surface area contributed by atoms with Gasteiger partial charge in [0.2, 0.25) is 5.75 Å². The van der Waals surface area contributed by atoms with E-state index in [1.807, 2.05) is 6.07 Å². The quantitative estimate of drug-likeness (QED) is 0.865. The fraction of sp³-hybridized carbons (Fsp3) is 0.375. The highest BCUT2D eigenvalue weighted by atomic mass is 16.5. The van der Waals surface area contributed by atoms with Gasteiger partial charge in [-0.1, -0.05) is 18.2 Å². The predicted molar refractivity (Wildman–Crippen MR) is 89.8 cm³/mol. The van der Waals surface area contributed by atoms with Crippen LogP contribution < -0.4 is 20.7 Å². The first-order valence-corrected chi connectivity index (χ1v) is 7.58. The minimum Gasteiger partial charge on any atom is -0.490 e. The van der Waals surface area contributed by atoms with Crippen LogP contribution in [0.1, 0.15) is 5.56 Å². The van der Waals surface area contributed by atoms with Crippen LogP contribution >= 0.6 is 0 Å². The molecule has 1 aliphatic heterocycles. The van der Waals surface area contributed by atoms with Gasteiger partial charge in [0.1, 0.15) is 6.33 Å². The summed E-state index contributed by atoms with van der Waals surface area (Å²) < 4.78 is 10.7. The van der Waals surface area contributed by atoms with Crippen LogP contribution in [-0.4, -0.2) is 43.4 Å². The number of ether oxygens (including phenoxy) is 2. The number of nitrogen functional groups attached to an aromatic ring is 1. The summed E-state index contributed by atoms with van der Waals surface area (Å²) in [6.07, 6.45) is 1.42. The van der Waals surface area contributed by atoms with E-state index in [0.717, 1.165) is 26.3 Å². The van der Waals surface area contributed by atoms with Gasteiger partial charge in [-0.25, -0.2) is 9.97 Å². The Hall–Kier alpha value is -2.54. The first-order chi connectivity index (χ1) is 11.3. The lowest BCUT2D eigenvalue weighted by molar-refractivity contribution is 0.122. The minimum atomic E-state index is 0.325. The van der Waals surface area contributed by atoms with Gasteiger partial charge in [-0.2, -0.15) is 0 Å². The Morgan fingerprint density at radius 1 is 1.26 bits per heavy atom. The molecule has 7 heteroatoms. The van der Waals surface area contributed by atoms with Crippen LogP contribution in [0.2, 0.25) is 0 Å².